The number of hydrogen-bond donors (Lipinski definition) is 1. The molecule has 0 aliphatic rings. The van der Waals surface area contributed by atoms with Crippen molar-refractivity contribution < 1.29 is 4.39 Å². The molecule has 3 nitrogen and oxygen atoms in total. The van der Waals surface area contributed by atoms with Crippen molar-refractivity contribution in [2.45, 2.75) is 13.8 Å². The summed E-state index contributed by atoms with van der Waals surface area (Å²) in [7, 11) is 0. The highest BCUT2D eigenvalue weighted by atomic mass is 35.5. The largest absolute Gasteiger partial charge is 0.339 e. The summed E-state index contributed by atoms with van der Waals surface area (Å²) in [6.07, 6.45) is 0. The summed E-state index contributed by atoms with van der Waals surface area (Å²) < 4.78 is 13.3. The Morgan fingerprint density at radius 1 is 1.26 bits per heavy atom. The van der Waals surface area contributed by atoms with Crippen LogP contribution in [0.25, 0.3) is 0 Å². The van der Waals surface area contributed by atoms with Crippen LogP contribution in [0.1, 0.15) is 16.8 Å². The van der Waals surface area contributed by atoms with Crippen LogP contribution in [-0.4, -0.2) is 4.98 Å². The highest BCUT2D eigenvalue weighted by Crippen LogP contribution is 2.24. The number of pyridine rings is 1. The topological polar surface area (TPSA) is 48.7 Å². The first-order valence-corrected chi connectivity index (χ1v) is 5.99. The number of rotatable bonds is 2. The van der Waals surface area contributed by atoms with Gasteiger partial charge in [-0.1, -0.05) is 11.6 Å². The van der Waals surface area contributed by atoms with E-state index in [1.165, 1.54) is 12.1 Å². The molecule has 0 amide bonds. The van der Waals surface area contributed by atoms with Crippen LogP contribution >= 0.6 is 11.6 Å². The number of nitrogens with zero attached hydrogens (tertiary/aromatic N) is 2. The van der Waals surface area contributed by atoms with Crippen molar-refractivity contribution in [1.82, 2.24) is 4.98 Å². The van der Waals surface area contributed by atoms with Gasteiger partial charge in [0.2, 0.25) is 0 Å². The van der Waals surface area contributed by atoms with Crippen LogP contribution in [0, 0.1) is 31.0 Å². The molecule has 0 fully saturated rings. The maximum atomic E-state index is 13.3. The number of anilines is 2. The first kappa shape index (κ1) is 13.3. The lowest BCUT2D eigenvalue weighted by Crippen LogP contribution is -2.01. The first-order valence-electron chi connectivity index (χ1n) is 5.61. The molecule has 1 aromatic carbocycles. The molecule has 1 aromatic heterocycles. The highest BCUT2D eigenvalue weighted by molar-refractivity contribution is 6.30. The minimum absolute atomic E-state index is 0.283. The second kappa shape index (κ2) is 5.25. The first-order chi connectivity index (χ1) is 8.99. The van der Waals surface area contributed by atoms with Gasteiger partial charge in [0, 0.05) is 16.4 Å². The number of aromatic nitrogens is 1. The molecule has 5 heteroatoms. The van der Waals surface area contributed by atoms with Crippen LogP contribution in [-0.2, 0) is 0 Å². The third kappa shape index (κ3) is 3.01. The van der Waals surface area contributed by atoms with E-state index >= 15 is 0 Å². The van der Waals surface area contributed by atoms with Gasteiger partial charge >= 0.3 is 0 Å². The van der Waals surface area contributed by atoms with E-state index in [0.29, 0.717) is 17.1 Å². The van der Waals surface area contributed by atoms with E-state index < -0.39 is 5.82 Å². The van der Waals surface area contributed by atoms with Gasteiger partial charge in [0.05, 0.1) is 5.56 Å². The fraction of sp³-hybridized carbons (Fsp3) is 0.143. The second-order valence-corrected chi connectivity index (χ2v) is 4.64. The third-order valence-corrected chi connectivity index (χ3v) is 2.80. The van der Waals surface area contributed by atoms with Gasteiger partial charge in [-0.2, -0.15) is 5.26 Å². The number of hydrogen-bond acceptors (Lipinski definition) is 3. The number of nitrogens with one attached hydrogen (secondary N) is 1. The summed E-state index contributed by atoms with van der Waals surface area (Å²) in [5.41, 5.74) is 2.49. The summed E-state index contributed by atoms with van der Waals surface area (Å²) in [5, 5.41) is 12.4. The lowest BCUT2D eigenvalue weighted by Gasteiger charge is -2.10. The molecule has 2 rings (SSSR count). The maximum Gasteiger partial charge on any atom is 0.148 e. The molecule has 0 atom stereocenters. The van der Waals surface area contributed by atoms with Gasteiger partial charge in [-0.15, -0.1) is 0 Å². The standard InChI is InChI=1S/C14H11ClFN3/c1-8-3-9(2)18-14(13(8)7-17)19-12-5-10(15)4-11(16)6-12/h3-6H,1-2H3,(H,18,19). The van der Waals surface area contributed by atoms with Crippen molar-refractivity contribution in [1.29, 1.82) is 5.26 Å². The molecule has 2 aromatic rings. The van der Waals surface area contributed by atoms with E-state index in [4.69, 9.17) is 16.9 Å². The minimum Gasteiger partial charge on any atom is -0.339 e. The van der Waals surface area contributed by atoms with Crippen molar-refractivity contribution in [3.8, 4) is 6.07 Å². The third-order valence-electron chi connectivity index (χ3n) is 2.58. The summed E-state index contributed by atoms with van der Waals surface area (Å²) in [6, 6.07) is 8.00. The Morgan fingerprint density at radius 2 is 2.00 bits per heavy atom. The summed E-state index contributed by atoms with van der Waals surface area (Å²) in [5.74, 6) is -0.0421. The zero-order chi connectivity index (χ0) is 14.0. The zero-order valence-electron chi connectivity index (χ0n) is 10.5. The molecule has 0 radical (unpaired) electrons. The molecular weight excluding hydrogens is 265 g/mol. The van der Waals surface area contributed by atoms with Crippen LogP contribution < -0.4 is 5.32 Å². The number of nitriles is 1. The summed E-state index contributed by atoms with van der Waals surface area (Å²) in [4.78, 5) is 4.26. The Morgan fingerprint density at radius 3 is 2.63 bits per heavy atom. The van der Waals surface area contributed by atoms with E-state index in [1.807, 2.05) is 19.9 Å². The van der Waals surface area contributed by atoms with Crippen LogP contribution in [0.2, 0.25) is 5.02 Å². The predicted molar refractivity (Wildman–Crippen MR) is 73.1 cm³/mol. The molecule has 0 aliphatic carbocycles. The van der Waals surface area contributed by atoms with Crippen molar-refractivity contribution in [3.63, 3.8) is 0 Å². The average Bonchev–Trinajstić information content (AvgIpc) is 2.26. The van der Waals surface area contributed by atoms with E-state index in [2.05, 4.69) is 16.4 Å². The van der Waals surface area contributed by atoms with E-state index in [-0.39, 0.29) is 5.02 Å². The van der Waals surface area contributed by atoms with E-state index in [1.54, 1.807) is 6.07 Å². The van der Waals surface area contributed by atoms with Gasteiger partial charge in [-0.3, -0.25) is 0 Å². The van der Waals surface area contributed by atoms with Gasteiger partial charge in [0.25, 0.3) is 0 Å². The molecule has 19 heavy (non-hydrogen) atoms. The minimum atomic E-state index is -0.446. The Labute approximate surface area is 115 Å². The molecule has 0 saturated carbocycles. The van der Waals surface area contributed by atoms with Gasteiger partial charge in [0.15, 0.2) is 0 Å². The highest BCUT2D eigenvalue weighted by Gasteiger charge is 2.09. The van der Waals surface area contributed by atoms with E-state index in [9.17, 15) is 4.39 Å². The summed E-state index contributed by atoms with van der Waals surface area (Å²) in [6.45, 7) is 3.66. The Kier molecular flexibility index (Phi) is 3.68. The second-order valence-electron chi connectivity index (χ2n) is 4.20. The van der Waals surface area contributed by atoms with Gasteiger partial charge < -0.3 is 5.32 Å². The van der Waals surface area contributed by atoms with Crippen molar-refractivity contribution in [2.75, 3.05) is 5.32 Å². The Balaban J connectivity index is 2.46. The molecule has 0 saturated heterocycles. The SMILES string of the molecule is Cc1cc(C)c(C#N)c(Nc2cc(F)cc(Cl)c2)n1. The maximum absolute atomic E-state index is 13.3. The van der Waals surface area contributed by atoms with E-state index in [0.717, 1.165) is 11.3 Å². The molecule has 1 N–H and O–H groups in total. The van der Waals surface area contributed by atoms with Crippen LogP contribution in [0.3, 0.4) is 0 Å². The molecule has 0 aliphatic heterocycles. The molecule has 96 valence electrons. The Hall–Kier alpha value is -2.12. The van der Waals surface area contributed by atoms with Gasteiger partial charge in [-0.05, 0) is 43.7 Å². The average molecular weight is 276 g/mol. The van der Waals surface area contributed by atoms with Gasteiger partial charge in [-0.25, -0.2) is 9.37 Å². The number of benzene rings is 1. The number of aryl methyl sites for hydroxylation is 2. The lowest BCUT2D eigenvalue weighted by atomic mass is 10.1. The summed E-state index contributed by atoms with van der Waals surface area (Å²) >= 11 is 5.79. The smallest absolute Gasteiger partial charge is 0.148 e. The molecule has 1 heterocycles. The van der Waals surface area contributed by atoms with Gasteiger partial charge in [0.1, 0.15) is 17.7 Å². The zero-order valence-corrected chi connectivity index (χ0v) is 11.2. The van der Waals surface area contributed by atoms with Crippen LogP contribution in [0.15, 0.2) is 24.3 Å². The fourth-order valence-corrected chi connectivity index (χ4v) is 2.05. The molecule has 0 unspecified atom stereocenters. The lowest BCUT2D eigenvalue weighted by molar-refractivity contribution is 0.628. The predicted octanol–water partition coefficient (Wildman–Crippen LogP) is 4.11. The number of halogens is 2. The Bertz CT molecular complexity index is 657. The molecule has 0 spiro atoms. The van der Waals surface area contributed by atoms with Crippen molar-refractivity contribution in [3.05, 3.63) is 51.9 Å². The van der Waals surface area contributed by atoms with Crippen molar-refractivity contribution >= 4 is 23.1 Å². The normalized spacial score (nSPS) is 10.1. The van der Waals surface area contributed by atoms with Crippen molar-refractivity contribution in [2.24, 2.45) is 0 Å². The molecule has 0 bridgehead atoms. The quantitative estimate of drug-likeness (QED) is 0.897. The monoisotopic (exact) mass is 275 g/mol. The van der Waals surface area contributed by atoms with Crippen LogP contribution in [0.4, 0.5) is 15.9 Å². The fourth-order valence-electron chi connectivity index (χ4n) is 1.83. The molecular formula is C14H11ClFN3. The van der Waals surface area contributed by atoms with Crippen LogP contribution in [0.5, 0.6) is 0 Å².